The highest BCUT2D eigenvalue weighted by molar-refractivity contribution is 5.94. The fraction of sp³-hybridized carbons (Fsp3) is 0.200. The van der Waals surface area contributed by atoms with Crippen LogP contribution in [-0.4, -0.2) is 10.9 Å². The lowest BCUT2D eigenvalue weighted by Gasteiger charge is -2.16. The van der Waals surface area contributed by atoms with Crippen molar-refractivity contribution < 1.29 is 13.6 Å². The summed E-state index contributed by atoms with van der Waals surface area (Å²) in [6, 6.07) is 8.40. The lowest BCUT2D eigenvalue weighted by molar-refractivity contribution is 0.0934. The van der Waals surface area contributed by atoms with Crippen molar-refractivity contribution in [2.75, 3.05) is 0 Å². The molecule has 0 saturated carbocycles. The molecule has 0 saturated heterocycles. The second kappa shape index (κ2) is 5.77. The summed E-state index contributed by atoms with van der Waals surface area (Å²) in [5, 5.41) is 2.65. The van der Waals surface area contributed by atoms with E-state index in [0.717, 1.165) is 23.4 Å². The topological polar surface area (TPSA) is 42.0 Å². The summed E-state index contributed by atoms with van der Waals surface area (Å²) in [5.41, 5.74) is 1.59. The molecule has 0 bridgehead atoms. The Morgan fingerprint density at radius 3 is 2.65 bits per heavy atom. The molecule has 0 aliphatic rings. The molecule has 1 aromatic heterocycles. The summed E-state index contributed by atoms with van der Waals surface area (Å²) in [4.78, 5) is 15.1. The lowest BCUT2D eigenvalue weighted by atomic mass is 10.0. The maximum atomic E-state index is 13.5. The van der Waals surface area contributed by atoms with Crippen LogP contribution in [0, 0.1) is 18.7 Å². The molecule has 0 fully saturated rings. The Morgan fingerprint density at radius 2 is 1.95 bits per heavy atom. The molecule has 1 amide bonds. The minimum Gasteiger partial charge on any atom is -0.345 e. The average Bonchev–Trinajstić information content (AvgIpc) is 2.42. The van der Waals surface area contributed by atoms with Gasteiger partial charge in [-0.15, -0.1) is 0 Å². The van der Waals surface area contributed by atoms with Crippen molar-refractivity contribution in [3.05, 3.63) is 65.0 Å². The summed E-state index contributed by atoms with van der Waals surface area (Å²) < 4.78 is 26.5. The second-order valence-corrected chi connectivity index (χ2v) is 4.52. The third-order valence-electron chi connectivity index (χ3n) is 3.09. The molecular weight excluding hydrogens is 262 g/mol. The minimum atomic E-state index is -1.28. The number of nitrogens with zero attached hydrogens (tertiary/aromatic N) is 1. The van der Waals surface area contributed by atoms with Gasteiger partial charge in [0.05, 0.1) is 11.6 Å². The van der Waals surface area contributed by atoms with Gasteiger partial charge in [0.2, 0.25) is 5.95 Å². The molecule has 20 heavy (non-hydrogen) atoms. The molecule has 1 N–H and O–H groups in total. The number of pyridine rings is 1. The molecule has 2 rings (SSSR count). The number of carbonyl (C=O) groups is 1. The highest BCUT2D eigenvalue weighted by Gasteiger charge is 2.18. The number of halogens is 2. The van der Waals surface area contributed by atoms with E-state index in [1.165, 1.54) is 0 Å². The molecule has 1 atom stereocenters. The largest absolute Gasteiger partial charge is 0.345 e. The van der Waals surface area contributed by atoms with Crippen LogP contribution < -0.4 is 5.32 Å². The maximum Gasteiger partial charge on any atom is 0.254 e. The lowest BCUT2D eigenvalue weighted by Crippen LogP contribution is -2.28. The summed E-state index contributed by atoms with van der Waals surface area (Å²) in [6.45, 7) is 3.71. The monoisotopic (exact) mass is 276 g/mol. The van der Waals surface area contributed by atoms with Crippen molar-refractivity contribution in [3.8, 4) is 0 Å². The number of aryl methyl sites for hydroxylation is 1. The number of carbonyl (C=O) groups excluding carboxylic acids is 1. The van der Waals surface area contributed by atoms with Crippen LogP contribution >= 0.6 is 0 Å². The summed E-state index contributed by atoms with van der Waals surface area (Å²) >= 11 is 0. The van der Waals surface area contributed by atoms with E-state index >= 15 is 0 Å². The van der Waals surface area contributed by atoms with Crippen molar-refractivity contribution in [1.82, 2.24) is 10.3 Å². The van der Waals surface area contributed by atoms with E-state index in [-0.39, 0.29) is 11.6 Å². The van der Waals surface area contributed by atoms with E-state index < -0.39 is 17.7 Å². The van der Waals surface area contributed by atoms with Crippen LogP contribution in [0.15, 0.2) is 36.5 Å². The number of hydrogen-bond donors (Lipinski definition) is 1. The first-order chi connectivity index (χ1) is 9.50. The van der Waals surface area contributed by atoms with Gasteiger partial charge in [-0.1, -0.05) is 24.3 Å². The van der Waals surface area contributed by atoms with Crippen LogP contribution in [-0.2, 0) is 0 Å². The third kappa shape index (κ3) is 2.82. The van der Waals surface area contributed by atoms with Gasteiger partial charge in [-0.3, -0.25) is 4.79 Å². The number of rotatable bonds is 3. The summed E-state index contributed by atoms with van der Waals surface area (Å²) in [6.07, 6.45) is 1.06. The summed E-state index contributed by atoms with van der Waals surface area (Å²) in [7, 11) is 0. The van der Waals surface area contributed by atoms with Gasteiger partial charge in [0.25, 0.3) is 5.91 Å². The number of amides is 1. The molecule has 0 aliphatic carbocycles. The predicted octanol–water partition coefficient (Wildman–Crippen LogP) is 3.16. The Morgan fingerprint density at radius 1 is 1.25 bits per heavy atom. The number of aromatic nitrogens is 1. The van der Waals surface area contributed by atoms with E-state index in [1.807, 2.05) is 31.2 Å². The molecule has 104 valence electrons. The van der Waals surface area contributed by atoms with E-state index in [9.17, 15) is 13.6 Å². The van der Waals surface area contributed by atoms with Crippen molar-refractivity contribution in [2.24, 2.45) is 0 Å². The molecular formula is C15H14F2N2O. The van der Waals surface area contributed by atoms with Crippen molar-refractivity contribution in [3.63, 3.8) is 0 Å². The Hall–Kier alpha value is -2.30. The van der Waals surface area contributed by atoms with Crippen LogP contribution in [0.4, 0.5) is 8.78 Å². The normalized spacial score (nSPS) is 12.0. The average molecular weight is 276 g/mol. The molecule has 1 aromatic carbocycles. The third-order valence-corrected chi connectivity index (χ3v) is 3.09. The Kier molecular flexibility index (Phi) is 4.08. The van der Waals surface area contributed by atoms with Gasteiger partial charge in [-0.05, 0) is 31.0 Å². The molecule has 0 radical (unpaired) electrons. The van der Waals surface area contributed by atoms with Crippen molar-refractivity contribution in [2.45, 2.75) is 19.9 Å². The zero-order chi connectivity index (χ0) is 14.7. The first kappa shape index (κ1) is 14.1. The number of nitrogens with one attached hydrogen (secondary N) is 1. The maximum absolute atomic E-state index is 13.5. The molecule has 1 heterocycles. The van der Waals surface area contributed by atoms with Gasteiger partial charge in [0.15, 0.2) is 5.82 Å². The highest BCUT2D eigenvalue weighted by atomic mass is 19.2. The van der Waals surface area contributed by atoms with Gasteiger partial charge in [-0.2, -0.15) is 4.39 Å². The van der Waals surface area contributed by atoms with E-state index in [2.05, 4.69) is 10.3 Å². The van der Waals surface area contributed by atoms with Crippen LogP contribution in [0.1, 0.15) is 34.5 Å². The number of benzene rings is 1. The molecule has 1 unspecified atom stereocenters. The Balaban J connectivity index is 2.20. The number of hydrogen-bond acceptors (Lipinski definition) is 2. The fourth-order valence-corrected chi connectivity index (χ4v) is 2.02. The van der Waals surface area contributed by atoms with Crippen molar-refractivity contribution >= 4 is 5.91 Å². The van der Waals surface area contributed by atoms with E-state index in [1.54, 1.807) is 6.92 Å². The Labute approximate surface area is 115 Å². The standard InChI is InChI=1S/C15H14F2N2O/c1-9-5-3-4-6-11(9)10(2)19-15(20)12-7-8-18-14(17)13(12)16/h3-8,10H,1-2H3,(H,19,20). The van der Waals surface area contributed by atoms with Gasteiger partial charge < -0.3 is 5.32 Å². The molecule has 0 aliphatic heterocycles. The van der Waals surface area contributed by atoms with Crippen LogP contribution in [0.2, 0.25) is 0 Å². The van der Waals surface area contributed by atoms with E-state index in [0.29, 0.717) is 0 Å². The van der Waals surface area contributed by atoms with Gasteiger partial charge in [-0.25, -0.2) is 9.37 Å². The van der Waals surface area contributed by atoms with Crippen molar-refractivity contribution in [1.29, 1.82) is 0 Å². The zero-order valence-corrected chi connectivity index (χ0v) is 11.2. The van der Waals surface area contributed by atoms with Crippen LogP contribution in [0.5, 0.6) is 0 Å². The first-order valence-corrected chi connectivity index (χ1v) is 6.17. The molecule has 3 nitrogen and oxygen atoms in total. The van der Waals surface area contributed by atoms with Crippen LogP contribution in [0.25, 0.3) is 0 Å². The smallest absolute Gasteiger partial charge is 0.254 e. The quantitative estimate of drug-likeness (QED) is 0.875. The fourth-order valence-electron chi connectivity index (χ4n) is 2.02. The van der Waals surface area contributed by atoms with Gasteiger partial charge in [0.1, 0.15) is 0 Å². The first-order valence-electron chi connectivity index (χ1n) is 6.17. The summed E-state index contributed by atoms with van der Waals surface area (Å²) in [5.74, 6) is -3.18. The van der Waals surface area contributed by atoms with Crippen LogP contribution in [0.3, 0.4) is 0 Å². The minimum absolute atomic E-state index is 0.306. The zero-order valence-electron chi connectivity index (χ0n) is 11.2. The second-order valence-electron chi connectivity index (χ2n) is 4.52. The molecule has 2 aromatic rings. The van der Waals surface area contributed by atoms with Gasteiger partial charge in [0, 0.05) is 6.20 Å². The molecule has 0 spiro atoms. The van der Waals surface area contributed by atoms with Gasteiger partial charge >= 0.3 is 0 Å². The van der Waals surface area contributed by atoms with E-state index in [4.69, 9.17) is 0 Å². The predicted molar refractivity (Wildman–Crippen MR) is 71.2 cm³/mol. The Bertz CT molecular complexity index is 644. The SMILES string of the molecule is Cc1ccccc1C(C)NC(=O)c1ccnc(F)c1F. The molecule has 5 heteroatoms. The highest BCUT2D eigenvalue weighted by Crippen LogP contribution is 2.18.